The zero-order chi connectivity index (χ0) is 25.4. The van der Waals surface area contributed by atoms with Crippen molar-refractivity contribution in [2.75, 3.05) is 6.61 Å². The summed E-state index contributed by atoms with van der Waals surface area (Å²) in [7, 11) is -2.00. The minimum absolute atomic E-state index is 0.202. The highest BCUT2D eigenvalue weighted by Crippen LogP contribution is 2.36. The van der Waals surface area contributed by atoms with Crippen molar-refractivity contribution in [3.05, 3.63) is 84.2 Å². The second kappa shape index (κ2) is 9.28. The predicted molar refractivity (Wildman–Crippen MR) is 140 cm³/mol. The van der Waals surface area contributed by atoms with Gasteiger partial charge in [0, 0.05) is 47.7 Å². The molecular formula is C28H27N3O4S. The van der Waals surface area contributed by atoms with Gasteiger partial charge in [-0.15, -0.1) is 0 Å². The molecule has 0 amide bonds. The van der Waals surface area contributed by atoms with Crippen molar-refractivity contribution in [1.29, 1.82) is 0 Å². The molecule has 5 aromatic rings. The molecule has 0 unspecified atom stereocenters. The fraction of sp³-hybridized carbons (Fsp3) is 0.214. The molecule has 3 heterocycles. The van der Waals surface area contributed by atoms with E-state index in [4.69, 9.17) is 4.74 Å². The van der Waals surface area contributed by atoms with Gasteiger partial charge in [-0.1, -0.05) is 23.8 Å². The highest BCUT2D eigenvalue weighted by Gasteiger charge is 2.26. The van der Waals surface area contributed by atoms with E-state index in [-0.39, 0.29) is 17.3 Å². The number of carbonyl (C=O) groups is 1. The number of benzene rings is 2. The first kappa shape index (κ1) is 23.8. The third-order valence-electron chi connectivity index (χ3n) is 6.33. The van der Waals surface area contributed by atoms with Crippen LogP contribution in [0.25, 0.3) is 33.2 Å². The van der Waals surface area contributed by atoms with Gasteiger partial charge in [-0.05, 0) is 68.3 Å². The second-order valence-corrected chi connectivity index (χ2v) is 10.6. The first-order valence-corrected chi connectivity index (χ1v) is 13.3. The lowest BCUT2D eigenvalue weighted by atomic mass is 10.0. The monoisotopic (exact) mass is 501 g/mol. The van der Waals surface area contributed by atoms with E-state index in [2.05, 4.69) is 4.98 Å². The fourth-order valence-corrected chi connectivity index (χ4v) is 6.02. The summed E-state index contributed by atoms with van der Waals surface area (Å²) in [5.74, 6) is -0.235. The molecule has 0 saturated carbocycles. The molecular weight excluding hydrogens is 474 g/mol. The third kappa shape index (κ3) is 4.18. The van der Waals surface area contributed by atoms with Crippen molar-refractivity contribution in [3.63, 3.8) is 0 Å². The van der Waals surface area contributed by atoms with Gasteiger partial charge < -0.3 is 9.30 Å². The van der Waals surface area contributed by atoms with Crippen LogP contribution in [0.2, 0.25) is 0 Å². The summed E-state index contributed by atoms with van der Waals surface area (Å²) >= 11 is 0. The Kier molecular flexibility index (Phi) is 6.14. The molecule has 0 saturated heterocycles. The van der Waals surface area contributed by atoms with Crippen molar-refractivity contribution >= 4 is 37.9 Å². The summed E-state index contributed by atoms with van der Waals surface area (Å²) in [6, 6.07) is 18.4. The van der Waals surface area contributed by atoms with E-state index >= 15 is 0 Å². The molecule has 184 valence electrons. The molecule has 2 aromatic carbocycles. The first-order valence-electron chi connectivity index (χ1n) is 11.8. The summed E-state index contributed by atoms with van der Waals surface area (Å²) in [5, 5.41) is 1.64. The van der Waals surface area contributed by atoms with Crippen molar-refractivity contribution in [2.45, 2.75) is 31.6 Å². The van der Waals surface area contributed by atoms with Crippen LogP contribution < -0.4 is 0 Å². The van der Waals surface area contributed by atoms with E-state index in [1.807, 2.05) is 55.1 Å². The van der Waals surface area contributed by atoms with Gasteiger partial charge in [-0.2, -0.15) is 0 Å². The minimum Gasteiger partial charge on any atom is -0.466 e. The molecule has 8 heteroatoms. The molecule has 0 bridgehead atoms. The zero-order valence-corrected chi connectivity index (χ0v) is 21.2. The summed E-state index contributed by atoms with van der Waals surface area (Å²) in [4.78, 5) is 16.5. The topological polar surface area (TPSA) is 83.2 Å². The average Bonchev–Trinajstić information content (AvgIpc) is 3.41. The smallest absolute Gasteiger partial charge is 0.306 e. The minimum atomic E-state index is -3.93. The van der Waals surface area contributed by atoms with Crippen molar-refractivity contribution in [1.82, 2.24) is 13.5 Å². The fourth-order valence-electron chi connectivity index (χ4n) is 4.54. The van der Waals surface area contributed by atoms with Gasteiger partial charge >= 0.3 is 5.97 Å². The number of fused-ring (bicyclic) bond motifs is 2. The Labute approximate surface area is 210 Å². The van der Waals surface area contributed by atoms with Crippen LogP contribution in [0.3, 0.4) is 0 Å². The predicted octanol–water partition coefficient (Wildman–Crippen LogP) is 5.24. The Morgan fingerprint density at radius 3 is 2.58 bits per heavy atom. The SMILES string of the molecule is CCOC(=O)CCc1ccc2c(c1)c(-c1cc3cccnc3n1S(=O)(=O)c1ccc(C)cc1)cn2C. The van der Waals surface area contributed by atoms with Gasteiger partial charge in [0.1, 0.15) is 0 Å². The largest absolute Gasteiger partial charge is 0.466 e. The number of aryl methyl sites for hydroxylation is 3. The van der Waals surface area contributed by atoms with E-state index in [0.717, 1.165) is 33.0 Å². The summed E-state index contributed by atoms with van der Waals surface area (Å²) in [6.07, 6.45) is 4.36. The first-order chi connectivity index (χ1) is 17.3. The Morgan fingerprint density at radius 2 is 1.83 bits per heavy atom. The van der Waals surface area contributed by atoms with Gasteiger partial charge in [-0.25, -0.2) is 17.4 Å². The van der Waals surface area contributed by atoms with E-state index in [9.17, 15) is 13.2 Å². The van der Waals surface area contributed by atoms with E-state index in [1.165, 1.54) is 3.97 Å². The molecule has 0 fully saturated rings. The van der Waals surface area contributed by atoms with Crippen LogP contribution in [0.15, 0.2) is 78.0 Å². The van der Waals surface area contributed by atoms with Crippen LogP contribution in [-0.2, 0) is 33.0 Å². The van der Waals surface area contributed by atoms with Crippen LogP contribution in [0, 0.1) is 6.92 Å². The van der Waals surface area contributed by atoms with E-state index in [0.29, 0.717) is 24.4 Å². The lowest BCUT2D eigenvalue weighted by molar-refractivity contribution is -0.143. The number of aromatic nitrogens is 3. The molecule has 0 aliphatic carbocycles. The van der Waals surface area contributed by atoms with Gasteiger partial charge in [0.15, 0.2) is 5.65 Å². The van der Waals surface area contributed by atoms with Gasteiger partial charge in [0.25, 0.3) is 10.0 Å². The third-order valence-corrected chi connectivity index (χ3v) is 8.05. The number of carbonyl (C=O) groups excluding carboxylic acids is 1. The normalized spacial score (nSPS) is 11.9. The molecule has 0 spiro atoms. The lowest BCUT2D eigenvalue weighted by Crippen LogP contribution is -2.14. The van der Waals surface area contributed by atoms with Crippen molar-refractivity contribution in [3.8, 4) is 11.3 Å². The number of ether oxygens (including phenoxy) is 1. The highest BCUT2D eigenvalue weighted by molar-refractivity contribution is 7.90. The quantitative estimate of drug-likeness (QED) is 0.285. The molecule has 3 aromatic heterocycles. The van der Waals surface area contributed by atoms with Crippen LogP contribution >= 0.6 is 0 Å². The second-order valence-electron chi connectivity index (χ2n) is 8.84. The maximum atomic E-state index is 13.9. The molecule has 0 aliphatic heterocycles. The lowest BCUT2D eigenvalue weighted by Gasteiger charge is -2.12. The van der Waals surface area contributed by atoms with Crippen LogP contribution in [0.5, 0.6) is 0 Å². The van der Waals surface area contributed by atoms with E-state index in [1.54, 1.807) is 43.5 Å². The number of pyridine rings is 1. The maximum Gasteiger partial charge on any atom is 0.306 e. The summed E-state index contributed by atoms with van der Waals surface area (Å²) in [5.41, 5.74) is 4.61. The number of nitrogens with zero attached hydrogens (tertiary/aromatic N) is 3. The van der Waals surface area contributed by atoms with Crippen molar-refractivity contribution in [2.24, 2.45) is 7.05 Å². The molecule has 36 heavy (non-hydrogen) atoms. The molecule has 0 atom stereocenters. The molecule has 0 radical (unpaired) electrons. The van der Waals surface area contributed by atoms with Crippen LogP contribution in [-0.4, -0.2) is 34.5 Å². The Balaban J connectivity index is 1.70. The number of rotatable bonds is 7. The Bertz CT molecular complexity index is 1700. The summed E-state index contributed by atoms with van der Waals surface area (Å²) < 4.78 is 36.2. The number of hydrogen-bond donors (Lipinski definition) is 0. The highest BCUT2D eigenvalue weighted by atomic mass is 32.2. The van der Waals surface area contributed by atoms with Gasteiger partial charge in [0.2, 0.25) is 0 Å². The van der Waals surface area contributed by atoms with E-state index < -0.39 is 10.0 Å². The van der Waals surface area contributed by atoms with Crippen LogP contribution in [0.4, 0.5) is 0 Å². The molecule has 7 nitrogen and oxygen atoms in total. The average molecular weight is 502 g/mol. The molecule has 0 N–H and O–H groups in total. The number of esters is 1. The standard InChI is InChI=1S/C28H27N3O4S/c1-4-35-27(32)14-10-20-9-13-25-23(16-20)24(18-30(25)3)26-17-21-6-5-15-29-28(21)31(26)36(33,34)22-11-7-19(2)8-12-22/h5-9,11-13,15-18H,4,10,14H2,1-3H3. The Morgan fingerprint density at radius 1 is 1.06 bits per heavy atom. The van der Waals surface area contributed by atoms with Crippen LogP contribution in [0.1, 0.15) is 24.5 Å². The molecule has 0 aliphatic rings. The molecule has 5 rings (SSSR count). The van der Waals surface area contributed by atoms with Gasteiger partial charge in [-0.3, -0.25) is 4.79 Å². The maximum absolute atomic E-state index is 13.9. The number of hydrogen-bond acceptors (Lipinski definition) is 5. The Hall–Kier alpha value is -3.91. The zero-order valence-electron chi connectivity index (χ0n) is 20.4. The summed E-state index contributed by atoms with van der Waals surface area (Å²) in [6.45, 7) is 4.07. The van der Waals surface area contributed by atoms with Crippen molar-refractivity contribution < 1.29 is 17.9 Å². The van der Waals surface area contributed by atoms with Gasteiger partial charge in [0.05, 0.1) is 17.2 Å².